The van der Waals surface area contributed by atoms with Gasteiger partial charge < -0.3 is 4.74 Å². The molecule has 0 N–H and O–H groups in total. The summed E-state index contributed by atoms with van der Waals surface area (Å²) < 4.78 is 57.4. The molecule has 3 aromatic rings. The van der Waals surface area contributed by atoms with Gasteiger partial charge in [0.25, 0.3) is 0 Å². The Kier molecular flexibility index (Phi) is 7.83. The Balaban J connectivity index is 0.00000320. The Morgan fingerprint density at radius 1 is 0.838 bits per heavy atom. The second-order valence-electron chi connectivity index (χ2n) is 9.15. The number of nitrogens with zero attached hydrogens (tertiary/aromatic N) is 1. The minimum Gasteiger partial charge on any atom is -0.492 e. The van der Waals surface area contributed by atoms with E-state index in [0.29, 0.717) is 65.4 Å². The number of ketones is 1. The maximum Gasteiger partial charge on any atom is 0.195 e. The van der Waals surface area contributed by atoms with Crippen molar-refractivity contribution in [1.29, 1.82) is 0 Å². The van der Waals surface area contributed by atoms with Crippen LogP contribution in [0.25, 0.3) is 11.1 Å². The average molecular weight is 546 g/mol. The number of rotatable bonds is 6. The lowest BCUT2D eigenvalue weighted by Gasteiger charge is -2.26. The van der Waals surface area contributed by atoms with Crippen molar-refractivity contribution in [3.8, 4) is 5.75 Å². The minimum absolute atomic E-state index is 0. The molecule has 3 aromatic carbocycles. The van der Waals surface area contributed by atoms with E-state index in [4.69, 9.17) is 4.74 Å². The molecule has 1 saturated heterocycles. The van der Waals surface area contributed by atoms with Gasteiger partial charge in [-0.05, 0) is 53.9 Å². The van der Waals surface area contributed by atoms with Crippen molar-refractivity contribution in [3.63, 3.8) is 0 Å². The highest BCUT2D eigenvalue weighted by Gasteiger charge is 2.32. The van der Waals surface area contributed by atoms with Crippen LogP contribution in [0.2, 0.25) is 0 Å². The van der Waals surface area contributed by atoms with E-state index in [9.17, 15) is 22.0 Å². The number of ether oxygens (including phenoxy) is 1. The summed E-state index contributed by atoms with van der Waals surface area (Å²) in [5.41, 5.74) is 3.87. The number of sulfone groups is 1. The molecule has 37 heavy (non-hydrogen) atoms. The number of benzene rings is 3. The Labute approximate surface area is 221 Å². The van der Waals surface area contributed by atoms with Crippen LogP contribution in [-0.2, 0) is 9.84 Å². The Hall–Kier alpha value is -3.07. The molecule has 1 heterocycles. The molecule has 0 saturated carbocycles. The molecule has 0 bridgehead atoms. The summed E-state index contributed by atoms with van der Waals surface area (Å²) in [7, 11) is -2.94. The van der Waals surface area contributed by atoms with Crippen LogP contribution in [0.15, 0.2) is 60.7 Å². The SMILES string of the molecule is Cc1ccc(C2=C(c3cc(F)cc(F)c3)c3ccc(OCCN4CCS(=O)(=O)CC4)cc3C2=O)cc1.Cl. The topological polar surface area (TPSA) is 63.7 Å². The van der Waals surface area contributed by atoms with E-state index in [1.807, 2.05) is 36.1 Å². The molecule has 0 aromatic heterocycles. The lowest BCUT2D eigenvalue weighted by molar-refractivity contribution is 0.105. The quantitative estimate of drug-likeness (QED) is 0.438. The van der Waals surface area contributed by atoms with Crippen LogP contribution in [-0.4, -0.2) is 56.8 Å². The molecule has 0 amide bonds. The third-order valence-electron chi connectivity index (χ3n) is 6.59. The van der Waals surface area contributed by atoms with Crippen molar-refractivity contribution in [1.82, 2.24) is 4.90 Å². The first kappa shape index (κ1) is 27.0. The van der Waals surface area contributed by atoms with Crippen LogP contribution in [0.1, 0.15) is 32.6 Å². The molecular weight excluding hydrogens is 520 g/mol. The zero-order valence-electron chi connectivity index (χ0n) is 20.2. The minimum atomic E-state index is -2.94. The second kappa shape index (κ2) is 10.7. The van der Waals surface area contributed by atoms with Gasteiger partial charge >= 0.3 is 0 Å². The van der Waals surface area contributed by atoms with Gasteiger partial charge in [-0.15, -0.1) is 12.4 Å². The number of hydrogen-bond donors (Lipinski definition) is 0. The normalized spacial score (nSPS) is 16.9. The van der Waals surface area contributed by atoms with Gasteiger partial charge in [0.2, 0.25) is 0 Å². The van der Waals surface area contributed by atoms with Crippen LogP contribution in [0.3, 0.4) is 0 Å². The fourth-order valence-corrected chi connectivity index (χ4v) is 5.94. The molecular formula is C28H26ClF2NO4S. The van der Waals surface area contributed by atoms with Crippen LogP contribution < -0.4 is 4.74 Å². The first-order chi connectivity index (χ1) is 17.2. The van der Waals surface area contributed by atoms with Crippen molar-refractivity contribution in [2.45, 2.75) is 6.92 Å². The van der Waals surface area contributed by atoms with Gasteiger partial charge in [-0.2, -0.15) is 0 Å². The number of halogens is 3. The zero-order valence-corrected chi connectivity index (χ0v) is 21.8. The molecule has 0 unspecified atom stereocenters. The molecule has 0 radical (unpaired) electrons. The molecule has 5 rings (SSSR count). The highest BCUT2D eigenvalue weighted by atomic mass is 35.5. The summed E-state index contributed by atoms with van der Waals surface area (Å²) in [5.74, 6) is -0.866. The molecule has 1 aliphatic heterocycles. The molecule has 0 spiro atoms. The average Bonchev–Trinajstić information content (AvgIpc) is 3.12. The smallest absolute Gasteiger partial charge is 0.195 e. The summed E-state index contributed by atoms with van der Waals surface area (Å²) in [4.78, 5) is 15.6. The van der Waals surface area contributed by atoms with Crippen LogP contribution >= 0.6 is 12.4 Å². The Morgan fingerprint density at radius 2 is 1.49 bits per heavy atom. The zero-order chi connectivity index (χ0) is 25.4. The molecule has 0 atom stereocenters. The summed E-state index contributed by atoms with van der Waals surface area (Å²) in [6.07, 6.45) is 0. The number of Topliss-reactive ketones (excluding diaryl/α,β-unsaturated/α-hetero) is 1. The third-order valence-corrected chi connectivity index (χ3v) is 8.20. The predicted octanol–water partition coefficient (Wildman–Crippen LogP) is 4.96. The molecule has 194 valence electrons. The standard InChI is InChI=1S/C28H25F2NO4S.ClH/c1-18-2-4-19(5-3-18)27-26(20-14-21(29)16-22(30)15-20)24-7-6-23(17-25(24)28(27)32)35-11-8-31-9-12-36(33,34)13-10-31;/h2-7,14-17H,8-13H2,1H3;1H. The summed E-state index contributed by atoms with van der Waals surface area (Å²) >= 11 is 0. The fourth-order valence-electron chi connectivity index (χ4n) is 4.66. The summed E-state index contributed by atoms with van der Waals surface area (Å²) in [6, 6.07) is 15.9. The maximum atomic E-state index is 14.1. The summed E-state index contributed by atoms with van der Waals surface area (Å²) in [6.45, 7) is 3.81. The van der Waals surface area contributed by atoms with E-state index in [2.05, 4.69) is 0 Å². The first-order valence-electron chi connectivity index (χ1n) is 11.7. The van der Waals surface area contributed by atoms with E-state index in [1.165, 1.54) is 12.1 Å². The molecule has 1 aliphatic carbocycles. The largest absolute Gasteiger partial charge is 0.492 e. The highest BCUT2D eigenvalue weighted by molar-refractivity contribution is 7.91. The number of allylic oxidation sites excluding steroid dienone is 1. The lowest BCUT2D eigenvalue weighted by Crippen LogP contribution is -2.42. The Morgan fingerprint density at radius 3 is 2.14 bits per heavy atom. The fraction of sp³-hybridized carbons (Fsp3) is 0.250. The summed E-state index contributed by atoms with van der Waals surface area (Å²) in [5, 5.41) is 0. The van der Waals surface area contributed by atoms with Gasteiger partial charge in [-0.1, -0.05) is 29.8 Å². The third kappa shape index (κ3) is 5.76. The number of carbonyl (C=O) groups excluding carboxylic acids is 1. The number of aryl methyl sites for hydroxylation is 1. The lowest BCUT2D eigenvalue weighted by atomic mass is 9.93. The van der Waals surface area contributed by atoms with Crippen molar-refractivity contribution < 1.29 is 26.7 Å². The van der Waals surface area contributed by atoms with Gasteiger partial charge in [-0.3, -0.25) is 9.69 Å². The van der Waals surface area contributed by atoms with Gasteiger partial charge in [0.1, 0.15) is 24.0 Å². The molecule has 2 aliphatic rings. The van der Waals surface area contributed by atoms with Gasteiger partial charge in [0.05, 0.1) is 11.5 Å². The van der Waals surface area contributed by atoms with E-state index in [1.54, 1.807) is 18.2 Å². The molecule has 1 fully saturated rings. The van der Waals surface area contributed by atoms with Crippen molar-refractivity contribution in [3.05, 3.63) is 100 Å². The number of hydrogen-bond acceptors (Lipinski definition) is 5. The van der Waals surface area contributed by atoms with Crippen LogP contribution in [0, 0.1) is 18.6 Å². The number of carbonyl (C=O) groups is 1. The predicted molar refractivity (Wildman–Crippen MR) is 142 cm³/mol. The van der Waals surface area contributed by atoms with Crippen molar-refractivity contribution in [2.24, 2.45) is 0 Å². The van der Waals surface area contributed by atoms with E-state index in [0.717, 1.165) is 11.6 Å². The van der Waals surface area contributed by atoms with Crippen molar-refractivity contribution >= 4 is 39.2 Å². The van der Waals surface area contributed by atoms with E-state index < -0.39 is 21.5 Å². The van der Waals surface area contributed by atoms with Crippen LogP contribution in [0.5, 0.6) is 5.75 Å². The highest BCUT2D eigenvalue weighted by Crippen LogP contribution is 2.43. The molecule has 9 heteroatoms. The first-order valence-corrected chi connectivity index (χ1v) is 13.5. The van der Waals surface area contributed by atoms with Crippen LogP contribution in [0.4, 0.5) is 8.78 Å². The van der Waals surface area contributed by atoms with Gasteiger partial charge in [0.15, 0.2) is 15.6 Å². The van der Waals surface area contributed by atoms with Gasteiger partial charge in [-0.25, -0.2) is 17.2 Å². The van der Waals surface area contributed by atoms with Crippen molar-refractivity contribution in [2.75, 3.05) is 37.7 Å². The van der Waals surface area contributed by atoms with E-state index in [-0.39, 0.29) is 29.7 Å². The maximum absolute atomic E-state index is 14.1. The second-order valence-corrected chi connectivity index (χ2v) is 11.5. The van der Waals surface area contributed by atoms with E-state index >= 15 is 0 Å². The number of fused-ring (bicyclic) bond motifs is 1. The van der Waals surface area contributed by atoms with Gasteiger partial charge in [0, 0.05) is 42.4 Å². The molecule has 5 nitrogen and oxygen atoms in total. The monoisotopic (exact) mass is 545 g/mol. The Bertz CT molecular complexity index is 1450.